The lowest BCUT2D eigenvalue weighted by atomic mass is 9.77. The summed E-state index contributed by atoms with van der Waals surface area (Å²) < 4.78 is 2.11. The normalized spacial score (nSPS) is 27.1. The van der Waals surface area contributed by atoms with Crippen molar-refractivity contribution in [2.24, 2.45) is 0 Å². The first-order chi connectivity index (χ1) is 14.6. The largest absolute Gasteiger partial charge is 0.338 e. The minimum atomic E-state index is -0.181. The summed E-state index contributed by atoms with van der Waals surface area (Å²) in [5.74, 6) is 0. The van der Waals surface area contributed by atoms with Gasteiger partial charge < -0.3 is 19.4 Å². The summed E-state index contributed by atoms with van der Waals surface area (Å²) in [6.45, 7) is 20.1. The third-order valence-electron chi connectivity index (χ3n) is 9.24. The molecule has 2 aliphatic rings. The van der Waals surface area contributed by atoms with E-state index in [1.807, 2.05) is 5.06 Å². The van der Waals surface area contributed by atoms with Gasteiger partial charge in [0.25, 0.3) is 0 Å². The quantitative estimate of drug-likeness (QED) is 0.325. The molecule has 0 atom stereocenters. The van der Waals surface area contributed by atoms with Crippen molar-refractivity contribution in [2.75, 3.05) is 41.3 Å². The first kappa shape index (κ1) is 29.0. The molecule has 6 nitrogen and oxygen atoms in total. The molecule has 0 aliphatic carbocycles. The molecule has 2 fully saturated rings. The van der Waals surface area contributed by atoms with E-state index in [4.69, 9.17) is 5.21 Å². The monoisotopic (exact) mass is 471 g/mol. The number of hydrogen-bond donors (Lipinski definition) is 1. The van der Waals surface area contributed by atoms with Crippen LogP contribution >= 0.6 is 0 Å². The second-order valence-electron chi connectivity index (χ2n) is 15.1. The van der Waals surface area contributed by atoms with E-state index < -0.39 is 0 Å². The fourth-order valence-corrected chi connectivity index (χ4v) is 7.01. The molecule has 2 aliphatic heterocycles. The highest BCUT2D eigenvalue weighted by molar-refractivity contribution is 4.97. The van der Waals surface area contributed by atoms with Gasteiger partial charge in [-0.05, 0) is 74.7 Å². The van der Waals surface area contributed by atoms with E-state index in [1.165, 1.54) is 32.4 Å². The average molecular weight is 472 g/mol. The van der Waals surface area contributed by atoms with Crippen molar-refractivity contribution in [3.8, 4) is 0 Å². The highest BCUT2D eigenvalue weighted by atomic mass is 16.5. The van der Waals surface area contributed by atoms with Crippen LogP contribution in [0.5, 0.6) is 0 Å². The van der Waals surface area contributed by atoms with Gasteiger partial charge in [-0.15, -0.1) is 0 Å². The number of rotatable bonds is 8. The van der Waals surface area contributed by atoms with Gasteiger partial charge in [0.1, 0.15) is 0 Å². The first-order valence-corrected chi connectivity index (χ1v) is 13.3. The standard InChI is InChI=1S/C27H58N4O2/c1-24(2)18-22(19-25(3,4)28(24)32)30(9,10)16-14-13-15-17-31(11,12)23-20-26(5,6)29(33)27(7,8)21-23/h22-23,32-33H,13-21H2,1-12H3/q+2/p+1. The van der Waals surface area contributed by atoms with E-state index in [1.54, 1.807) is 5.06 Å². The van der Waals surface area contributed by atoms with Crippen molar-refractivity contribution in [3.63, 3.8) is 0 Å². The zero-order valence-corrected chi connectivity index (χ0v) is 24.3. The van der Waals surface area contributed by atoms with E-state index in [9.17, 15) is 5.21 Å². The van der Waals surface area contributed by atoms with Crippen LogP contribution < -0.4 is 0 Å². The molecule has 0 spiro atoms. The van der Waals surface area contributed by atoms with Crippen LogP contribution in [0.3, 0.4) is 0 Å². The van der Waals surface area contributed by atoms with Crippen LogP contribution in [0.4, 0.5) is 0 Å². The van der Waals surface area contributed by atoms with Crippen LogP contribution in [0.25, 0.3) is 0 Å². The molecule has 0 aromatic heterocycles. The molecular weight excluding hydrogens is 412 g/mol. The summed E-state index contributed by atoms with van der Waals surface area (Å²) in [5, 5.41) is 22.7. The van der Waals surface area contributed by atoms with Crippen molar-refractivity contribution < 1.29 is 19.4 Å². The lowest BCUT2D eigenvalue weighted by Gasteiger charge is -2.54. The number of hydrogen-bond acceptors (Lipinski definition) is 3. The van der Waals surface area contributed by atoms with Gasteiger partial charge in [-0.3, -0.25) is 0 Å². The Balaban J connectivity index is 1.87. The lowest BCUT2D eigenvalue weighted by molar-refractivity contribution is -0.920. The third-order valence-corrected chi connectivity index (χ3v) is 9.24. The Kier molecular flexibility index (Phi) is 8.20. The molecule has 2 heterocycles. The second kappa shape index (κ2) is 9.33. The van der Waals surface area contributed by atoms with Gasteiger partial charge in [0.2, 0.25) is 0 Å². The minimum absolute atomic E-state index is 0.0743. The topological polar surface area (TPSA) is 49.6 Å². The van der Waals surface area contributed by atoms with E-state index in [2.05, 4.69) is 83.6 Å². The summed E-state index contributed by atoms with van der Waals surface area (Å²) >= 11 is 0. The van der Waals surface area contributed by atoms with Crippen molar-refractivity contribution in [2.45, 2.75) is 135 Å². The molecule has 196 valence electrons. The molecule has 0 unspecified atom stereocenters. The highest BCUT2D eigenvalue weighted by Gasteiger charge is 2.53. The number of quaternary nitrogens is 2. The van der Waals surface area contributed by atoms with Gasteiger partial charge in [-0.2, -0.15) is 5.06 Å². The number of hydroxylamine groups is 4. The van der Waals surface area contributed by atoms with Crippen LogP contribution in [-0.2, 0) is 0 Å². The predicted molar refractivity (Wildman–Crippen MR) is 139 cm³/mol. The maximum Gasteiger partial charge on any atom is 0.0927 e. The van der Waals surface area contributed by atoms with Crippen molar-refractivity contribution in [1.29, 1.82) is 0 Å². The third kappa shape index (κ3) is 6.50. The first-order valence-electron chi connectivity index (χ1n) is 13.3. The van der Waals surface area contributed by atoms with Crippen LogP contribution in [0.15, 0.2) is 0 Å². The molecular formula is C27H59N4O2+3. The minimum Gasteiger partial charge on any atom is -0.338 e. The molecule has 0 saturated carbocycles. The number of nitrogens with zero attached hydrogens (tertiary/aromatic N) is 4. The van der Waals surface area contributed by atoms with Gasteiger partial charge in [-0.25, -0.2) is 0 Å². The average Bonchev–Trinajstić information content (AvgIpc) is 2.62. The molecule has 0 aromatic rings. The molecule has 2 rings (SSSR count). The Labute approximate surface area is 205 Å². The van der Waals surface area contributed by atoms with E-state index in [0.29, 0.717) is 12.1 Å². The number of piperidine rings is 2. The Morgan fingerprint density at radius 1 is 0.636 bits per heavy atom. The Morgan fingerprint density at radius 3 is 1.27 bits per heavy atom. The highest BCUT2D eigenvalue weighted by Crippen LogP contribution is 2.41. The SMILES string of the molecule is CC1(C)CC([N+](C)(C)CCCCC[N+](C)(C)C2CC(C)(C)N([OH2+])C(C)(C)C2)CC(C)(C)N1O. The zero-order chi connectivity index (χ0) is 25.7. The van der Waals surface area contributed by atoms with E-state index >= 15 is 0 Å². The summed E-state index contributed by atoms with van der Waals surface area (Å²) in [6.07, 6.45) is 8.04. The fraction of sp³-hybridized carbons (Fsp3) is 1.00. The van der Waals surface area contributed by atoms with Gasteiger partial charge >= 0.3 is 0 Å². The van der Waals surface area contributed by atoms with Crippen molar-refractivity contribution in [3.05, 3.63) is 0 Å². The van der Waals surface area contributed by atoms with Crippen LogP contribution in [0, 0.1) is 0 Å². The molecule has 2 saturated heterocycles. The summed E-state index contributed by atoms with van der Waals surface area (Å²) in [4.78, 5) is 0. The van der Waals surface area contributed by atoms with Crippen LogP contribution in [0.2, 0.25) is 0 Å². The Hall–Kier alpha value is -0.240. The summed E-state index contributed by atoms with van der Waals surface area (Å²) in [7, 11) is 9.60. The lowest BCUT2D eigenvalue weighted by Crippen LogP contribution is -2.66. The van der Waals surface area contributed by atoms with E-state index in [0.717, 1.165) is 34.6 Å². The maximum atomic E-state index is 10.7. The maximum absolute atomic E-state index is 10.7. The molecule has 0 bridgehead atoms. The molecule has 33 heavy (non-hydrogen) atoms. The molecule has 0 aromatic carbocycles. The summed E-state index contributed by atoms with van der Waals surface area (Å²) in [6, 6.07) is 1.18. The fourth-order valence-electron chi connectivity index (χ4n) is 7.01. The van der Waals surface area contributed by atoms with E-state index in [-0.39, 0.29) is 22.2 Å². The second-order valence-corrected chi connectivity index (χ2v) is 15.1. The predicted octanol–water partition coefficient (Wildman–Crippen LogP) is 4.38. The molecule has 3 N–H and O–H groups in total. The Morgan fingerprint density at radius 2 is 0.939 bits per heavy atom. The van der Waals surface area contributed by atoms with Gasteiger partial charge in [-0.1, -0.05) is 5.06 Å². The molecule has 0 amide bonds. The van der Waals surface area contributed by atoms with Crippen LogP contribution in [-0.4, -0.2) is 105 Å². The van der Waals surface area contributed by atoms with Crippen molar-refractivity contribution >= 4 is 0 Å². The Bertz CT molecular complexity index is 577. The van der Waals surface area contributed by atoms with Crippen LogP contribution in [0.1, 0.15) is 100 Å². The number of unbranched alkanes of at least 4 members (excludes halogenated alkanes) is 2. The summed E-state index contributed by atoms with van der Waals surface area (Å²) in [5.41, 5.74) is -0.510. The molecule has 0 radical (unpaired) electrons. The van der Waals surface area contributed by atoms with Gasteiger partial charge in [0, 0.05) is 36.8 Å². The van der Waals surface area contributed by atoms with Gasteiger partial charge in [0.15, 0.2) is 0 Å². The zero-order valence-electron chi connectivity index (χ0n) is 24.3. The van der Waals surface area contributed by atoms with Gasteiger partial charge in [0.05, 0.1) is 64.4 Å². The van der Waals surface area contributed by atoms with Crippen molar-refractivity contribution in [1.82, 2.24) is 10.1 Å². The smallest absolute Gasteiger partial charge is 0.0927 e. The molecule has 6 heteroatoms.